The Morgan fingerprint density at radius 1 is 1.03 bits per heavy atom. The number of anilines is 1. The number of morpholine rings is 1. The van der Waals surface area contributed by atoms with Crippen LogP contribution in [0.15, 0.2) is 77.9 Å². The van der Waals surface area contributed by atoms with Crippen molar-refractivity contribution in [2.45, 2.75) is 18.9 Å². The van der Waals surface area contributed by atoms with Gasteiger partial charge in [-0.1, -0.05) is 42.0 Å². The van der Waals surface area contributed by atoms with Crippen LogP contribution in [0.25, 0.3) is 0 Å². The van der Waals surface area contributed by atoms with Gasteiger partial charge in [-0.15, -0.1) is 0 Å². The summed E-state index contributed by atoms with van der Waals surface area (Å²) in [7, 11) is 0. The van der Waals surface area contributed by atoms with Crippen LogP contribution >= 0.6 is 0 Å². The molecule has 1 fully saturated rings. The second-order valence-electron chi connectivity index (χ2n) is 8.09. The fraction of sp³-hybridized carbons (Fsp3) is 0.240. The molecule has 1 aliphatic rings. The number of hydrogen-bond acceptors (Lipinski definition) is 3. The van der Waals surface area contributed by atoms with Crippen molar-refractivity contribution in [2.24, 2.45) is 5.10 Å². The third-order valence-corrected chi connectivity index (χ3v) is 5.71. The fourth-order valence-electron chi connectivity index (χ4n) is 4.04. The van der Waals surface area contributed by atoms with Gasteiger partial charge >= 0.3 is 0 Å². The molecule has 3 aromatic carbocycles. The number of benzene rings is 3. The standard InChI is InChI=1S/C25H24F2N4O3/c1-17-2-12-22(13-3-17)28-25(29-31(32)33)30-14-15-34-23(16-30)24(18-4-8-20(26)9-5-18)19-6-10-21(27)11-7-19/h2-13,23-24H,14-16H2,1H3,(H,28,29). The van der Waals surface area contributed by atoms with E-state index in [0.29, 0.717) is 18.8 Å². The quantitative estimate of drug-likeness (QED) is 0.254. The smallest absolute Gasteiger partial charge is 0.275 e. The minimum Gasteiger partial charge on any atom is -0.374 e. The highest BCUT2D eigenvalue weighted by Gasteiger charge is 2.33. The largest absolute Gasteiger partial charge is 0.374 e. The molecule has 0 bridgehead atoms. The predicted molar refractivity (Wildman–Crippen MR) is 125 cm³/mol. The first-order chi connectivity index (χ1) is 16.4. The van der Waals surface area contributed by atoms with E-state index in [0.717, 1.165) is 16.7 Å². The molecule has 1 N–H and O–H groups in total. The van der Waals surface area contributed by atoms with Crippen LogP contribution in [0.4, 0.5) is 14.5 Å². The first kappa shape index (κ1) is 23.3. The van der Waals surface area contributed by atoms with Crippen LogP contribution in [-0.4, -0.2) is 41.7 Å². The summed E-state index contributed by atoms with van der Waals surface area (Å²) in [4.78, 5) is 13.0. The van der Waals surface area contributed by atoms with Gasteiger partial charge in [-0.3, -0.25) is 0 Å². The highest BCUT2D eigenvalue weighted by molar-refractivity contribution is 5.93. The zero-order valence-electron chi connectivity index (χ0n) is 18.5. The number of hydrogen-bond donors (Lipinski definition) is 1. The average molecular weight is 466 g/mol. The predicted octanol–water partition coefficient (Wildman–Crippen LogP) is 4.77. The molecule has 1 unspecified atom stereocenters. The summed E-state index contributed by atoms with van der Waals surface area (Å²) in [5, 5.41) is 17.2. The lowest BCUT2D eigenvalue weighted by atomic mass is 9.85. The molecule has 0 saturated carbocycles. The Morgan fingerprint density at radius 3 is 2.12 bits per heavy atom. The van der Waals surface area contributed by atoms with Crippen LogP contribution in [0, 0.1) is 28.7 Å². The number of rotatable bonds is 5. The maximum atomic E-state index is 13.6. The van der Waals surface area contributed by atoms with Gasteiger partial charge in [0.15, 0.2) is 5.03 Å². The SMILES string of the molecule is Cc1ccc(NC(=N[N+](=O)[O-])N2CCOC(C(c3ccc(F)cc3)c3ccc(F)cc3)C2)cc1. The number of nitro groups is 1. The van der Waals surface area contributed by atoms with Gasteiger partial charge in [0.25, 0.3) is 5.96 Å². The Balaban J connectivity index is 1.64. The van der Waals surface area contributed by atoms with E-state index in [2.05, 4.69) is 10.4 Å². The van der Waals surface area contributed by atoms with Crippen molar-refractivity contribution >= 4 is 11.6 Å². The molecular weight excluding hydrogens is 442 g/mol. The normalized spacial score (nSPS) is 16.5. The Bertz CT molecular complexity index is 1110. The molecule has 1 saturated heterocycles. The number of nitrogens with one attached hydrogen (secondary N) is 1. The van der Waals surface area contributed by atoms with E-state index in [1.807, 2.05) is 31.2 Å². The summed E-state index contributed by atoms with van der Waals surface area (Å²) in [6, 6.07) is 19.6. The molecule has 0 aliphatic carbocycles. The van der Waals surface area contributed by atoms with Crippen LogP contribution in [0.1, 0.15) is 22.6 Å². The van der Waals surface area contributed by atoms with E-state index in [-0.39, 0.29) is 30.1 Å². The number of guanidine groups is 1. The van der Waals surface area contributed by atoms with E-state index in [9.17, 15) is 18.9 Å². The van der Waals surface area contributed by atoms with Crippen molar-refractivity contribution in [1.29, 1.82) is 0 Å². The van der Waals surface area contributed by atoms with Crippen LogP contribution in [0.2, 0.25) is 0 Å². The Labute approximate surface area is 195 Å². The molecule has 1 atom stereocenters. The van der Waals surface area contributed by atoms with Crippen molar-refractivity contribution < 1.29 is 18.6 Å². The van der Waals surface area contributed by atoms with Gasteiger partial charge < -0.3 is 15.0 Å². The first-order valence-corrected chi connectivity index (χ1v) is 10.8. The molecule has 1 aliphatic heterocycles. The van der Waals surface area contributed by atoms with Crippen molar-refractivity contribution in [2.75, 3.05) is 25.0 Å². The number of hydrazone groups is 1. The Morgan fingerprint density at radius 2 is 1.59 bits per heavy atom. The highest BCUT2D eigenvalue weighted by atomic mass is 19.1. The monoisotopic (exact) mass is 466 g/mol. The van der Waals surface area contributed by atoms with Crippen LogP contribution in [0.3, 0.4) is 0 Å². The lowest BCUT2D eigenvalue weighted by Crippen LogP contribution is -2.50. The zero-order chi connectivity index (χ0) is 24.1. The second kappa shape index (κ2) is 10.4. The molecule has 0 radical (unpaired) electrons. The van der Waals surface area contributed by atoms with Gasteiger partial charge in [0.2, 0.25) is 0 Å². The minimum absolute atomic E-state index is 0.0964. The maximum absolute atomic E-state index is 13.6. The summed E-state index contributed by atoms with van der Waals surface area (Å²) >= 11 is 0. The molecular formula is C25H24F2N4O3. The lowest BCUT2D eigenvalue weighted by molar-refractivity contribution is -0.485. The molecule has 176 valence electrons. The van der Waals surface area contributed by atoms with Gasteiger partial charge in [0, 0.05) is 24.7 Å². The van der Waals surface area contributed by atoms with Crippen LogP contribution < -0.4 is 5.32 Å². The summed E-state index contributed by atoms with van der Waals surface area (Å²) < 4.78 is 33.3. The van der Waals surface area contributed by atoms with Gasteiger partial charge in [0.1, 0.15) is 16.7 Å². The van der Waals surface area contributed by atoms with Gasteiger partial charge in [0.05, 0.1) is 12.7 Å². The molecule has 7 nitrogen and oxygen atoms in total. The molecule has 1 heterocycles. The zero-order valence-corrected chi connectivity index (χ0v) is 18.5. The van der Waals surface area contributed by atoms with E-state index in [1.54, 1.807) is 29.2 Å². The first-order valence-electron chi connectivity index (χ1n) is 10.8. The van der Waals surface area contributed by atoms with E-state index in [4.69, 9.17) is 4.74 Å². The lowest BCUT2D eigenvalue weighted by Gasteiger charge is -2.38. The van der Waals surface area contributed by atoms with Crippen molar-refractivity contribution in [3.63, 3.8) is 0 Å². The number of aryl methyl sites for hydroxylation is 1. The summed E-state index contributed by atoms with van der Waals surface area (Å²) in [6.45, 7) is 2.93. The number of halogens is 2. The van der Waals surface area contributed by atoms with E-state index in [1.165, 1.54) is 24.3 Å². The fourth-order valence-corrected chi connectivity index (χ4v) is 4.04. The van der Waals surface area contributed by atoms with E-state index < -0.39 is 11.1 Å². The second-order valence-corrected chi connectivity index (χ2v) is 8.09. The van der Waals surface area contributed by atoms with Crippen molar-refractivity contribution in [1.82, 2.24) is 4.90 Å². The van der Waals surface area contributed by atoms with Crippen molar-refractivity contribution in [3.05, 3.63) is 111 Å². The van der Waals surface area contributed by atoms with Crippen molar-refractivity contribution in [3.8, 4) is 0 Å². The number of nitrogens with zero attached hydrogens (tertiary/aromatic N) is 3. The molecule has 3 aromatic rings. The molecule has 4 rings (SSSR count). The minimum atomic E-state index is -0.738. The topological polar surface area (TPSA) is 80.0 Å². The molecule has 9 heteroatoms. The molecule has 34 heavy (non-hydrogen) atoms. The molecule has 0 aromatic heterocycles. The summed E-state index contributed by atoms with van der Waals surface area (Å²) in [5.41, 5.74) is 3.31. The van der Waals surface area contributed by atoms with Crippen LogP contribution in [0.5, 0.6) is 0 Å². The maximum Gasteiger partial charge on any atom is 0.275 e. The molecule has 0 spiro atoms. The molecule has 0 amide bonds. The third-order valence-electron chi connectivity index (χ3n) is 5.71. The summed E-state index contributed by atoms with van der Waals surface area (Å²) in [5.74, 6) is -0.981. The van der Waals surface area contributed by atoms with Gasteiger partial charge in [-0.2, -0.15) is 0 Å². The van der Waals surface area contributed by atoms with E-state index >= 15 is 0 Å². The number of ether oxygens (including phenoxy) is 1. The highest BCUT2D eigenvalue weighted by Crippen LogP contribution is 2.32. The van der Waals surface area contributed by atoms with Crippen LogP contribution in [-0.2, 0) is 4.74 Å². The summed E-state index contributed by atoms with van der Waals surface area (Å²) in [6.07, 6.45) is -0.443. The van der Waals surface area contributed by atoms with Gasteiger partial charge in [-0.25, -0.2) is 18.9 Å². The van der Waals surface area contributed by atoms with Gasteiger partial charge in [-0.05, 0) is 54.4 Å². The average Bonchev–Trinajstić information content (AvgIpc) is 2.83. The third kappa shape index (κ3) is 5.74. The Kier molecular flexibility index (Phi) is 7.12. The Hall–Kier alpha value is -3.85.